The van der Waals surface area contributed by atoms with Gasteiger partial charge in [-0.2, -0.15) is 0 Å². The van der Waals surface area contributed by atoms with Gasteiger partial charge < -0.3 is 10.8 Å². The highest BCUT2D eigenvalue weighted by Gasteiger charge is 1.93. The minimum Gasteiger partial charge on any atom is -0.335 e. The van der Waals surface area contributed by atoms with E-state index in [1.165, 1.54) is 0 Å². The summed E-state index contributed by atoms with van der Waals surface area (Å²) >= 11 is 0. The Morgan fingerprint density at radius 1 is 1.54 bits per heavy atom. The van der Waals surface area contributed by atoms with Crippen molar-refractivity contribution in [3.8, 4) is 0 Å². The molecule has 72 valence electrons. The van der Waals surface area contributed by atoms with E-state index in [0.717, 1.165) is 4.68 Å². The van der Waals surface area contributed by atoms with Crippen LogP contribution in [-0.4, -0.2) is 9.66 Å². The van der Waals surface area contributed by atoms with Crippen LogP contribution in [0.25, 0.3) is 12.7 Å². The van der Waals surface area contributed by atoms with Crippen molar-refractivity contribution in [3.63, 3.8) is 0 Å². The van der Waals surface area contributed by atoms with E-state index in [1.807, 2.05) is 13.8 Å². The minimum atomic E-state index is -0.372. The van der Waals surface area contributed by atoms with E-state index in [0.29, 0.717) is 10.7 Å². The van der Waals surface area contributed by atoms with Gasteiger partial charge in [0, 0.05) is 0 Å². The summed E-state index contributed by atoms with van der Waals surface area (Å²) in [5.74, 6) is 5.34. The summed E-state index contributed by atoms with van der Waals surface area (Å²) < 4.78 is 0.990. The van der Waals surface area contributed by atoms with Crippen LogP contribution in [0.15, 0.2) is 17.4 Å². The molecule has 0 saturated heterocycles. The molecule has 0 aliphatic heterocycles. The molecule has 1 rings (SSSR count). The fourth-order valence-electron chi connectivity index (χ4n) is 0.801. The number of imidazole rings is 1. The molecule has 0 aliphatic rings. The molecule has 0 unspecified atom stereocenters. The number of hydrogen-bond donors (Lipinski definition) is 2. The first-order valence-electron chi connectivity index (χ1n) is 4.04. The third kappa shape index (κ3) is 2.37. The molecule has 0 amide bonds. The largest absolute Gasteiger partial charge is 0.344 e. The van der Waals surface area contributed by atoms with E-state index in [-0.39, 0.29) is 5.69 Å². The van der Waals surface area contributed by atoms with Crippen LogP contribution < -0.4 is 22.2 Å². The number of nitrogens with zero attached hydrogens (tertiary/aromatic N) is 1. The van der Waals surface area contributed by atoms with Gasteiger partial charge in [0.25, 0.3) is 0 Å². The Morgan fingerprint density at radius 3 is 2.38 bits per heavy atom. The van der Waals surface area contributed by atoms with Crippen LogP contribution in [0, 0.1) is 0 Å². The monoisotopic (exact) mass is 181 g/mol. The Hall–Kier alpha value is -1.71. The molecule has 0 aromatic carbocycles. The number of rotatable bonds is 1. The molecule has 0 bridgehead atoms. The van der Waals surface area contributed by atoms with Gasteiger partial charge in [0.1, 0.15) is 0 Å². The van der Waals surface area contributed by atoms with Crippen LogP contribution in [0.2, 0.25) is 0 Å². The number of hydrogen-bond acceptors (Lipinski definition) is 2. The molecular formula is C9H15N3O. The van der Waals surface area contributed by atoms with E-state index < -0.39 is 0 Å². The van der Waals surface area contributed by atoms with Crippen molar-refractivity contribution in [1.29, 1.82) is 0 Å². The van der Waals surface area contributed by atoms with Crippen LogP contribution in [0.5, 0.6) is 0 Å². The molecule has 13 heavy (non-hydrogen) atoms. The highest BCUT2D eigenvalue weighted by Crippen LogP contribution is 1.59. The van der Waals surface area contributed by atoms with E-state index in [9.17, 15) is 4.79 Å². The summed E-state index contributed by atoms with van der Waals surface area (Å²) in [5.41, 5.74) is -0.372. The average molecular weight is 181 g/mol. The van der Waals surface area contributed by atoms with Gasteiger partial charge in [-0.25, -0.2) is 9.47 Å². The molecule has 0 radical (unpaired) electrons. The van der Waals surface area contributed by atoms with Gasteiger partial charge >= 0.3 is 5.69 Å². The highest BCUT2D eigenvalue weighted by molar-refractivity contribution is 5.32. The van der Waals surface area contributed by atoms with E-state index >= 15 is 0 Å². The maximum atomic E-state index is 10.8. The molecule has 0 spiro atoms. The standard InChI is InChI=1S/C7H9N3O.C2H6/c1-3-4-6-5(2)9-7(11)10(6)8;1-2/h3-4H,1-2,8H2,(H,9,11);1-2H3/b6-4+;. The summed E-state index contributed by atoms with van der Waals surface area (Å²) in [6, 6.07) is 0. The molecule has 4 nitrogen and oxygen atoms in total. The van der Waals surface area contributed by atoms with Crippen molar-refractivity contribution in [2.75, 3.05) is 5.84 Å². The molecule has 1 aromatic heterocycles. The van der Waals surface area contributed by atoms with Gasteiger partial charge in [-0.05, 0) is 6.08 Å². The molecule has 1 aromatic rings. The molecule has 0 atom stereocenters. The van der Waals surface area contributed by atoms with Crippen LogP contribution in [-0.2, 0) is 0 Å². The molecule has 0 aliphatic carbocycles. The molecule has 4 heteroatoms. The topological polar surface area (TPSA) is 63.8 Å². The first kappa shape index (κ1) is 11.3. The van der Waals surface area contributed by atoms with E-state index in [2.05, 4.69) is 18.1 Å². The van der Waals surface area contributed by atoms with Crippen LogP contribution in [0.3, 0.4) is 0 Å². The van der Waals surface area contributed by atoms with Crippen molar-refractivity contribution in [2.24, 2.45) is 0 Å². The number of H-pyrrole nitrogens is 1. The number of nitrogens with two attached hydrogens (primary N) is 1. The lowest BCUT2D eigenvalue weighted by Crippen LogP contribution is -2.37. The molecule has 1 heterocycles. The number of nitrogen functional groups attached to an aromatic ring is 1. The quantitative estimate of drug-likeness (QED) is 0.562. The van der Waals surface area contributed by atoms with Gasteiger partial charge in [-0.15, -0.1) is 0 Å². The second-order valence-electron chi connectivity index (χ2n) is 2.07. The Bertz CT molecular complexity index is 425. The smallest absolute Gasteiger partial charge is 0.335 e. The van der Waals surface area contributed by atoms with Gasteiger partial charge in [0.15, 0.2) is 0 Å². The SMILES string of the molecule is C=C/C=c1\c(=C)[nH]c(=O)n1N.CC. The zero-order valence-electron chi connectivity index (χ0n) is 8.00. The lowest BCUT2D eigenvalue weighted by molar-refractivity contribution is 0.909. The molecule has 0 saturated carbocycles. The first-order valence-corrected chi connectivity index (χ1v) is 4.04. The number of aromatic amines is 1. The Morgan fingerprint density at radius 2 is 2.08 bits per heavy atom. The number of aromatic nitrogens is 2. The van der Waals surface area contributed by atoms with Gasteiger partial charge in [-0.3, -0.25) is 0 Å². The Kier molecular flexibility index (Phi) is 4.37. The second-order valence-corrected chi connectivity index (χ2v) is 2.07. The predicted molar refractivity (Wildman–Crippen MR) is 56.0 cm³/mol. The normalized spacial score (nSPS) is 10.5. The Balaban J connectivity index is 0.000000671. The maximum Gasteiger partial charge on any atom is 0.344 e. The lowest BCUT2D eigenvalue weighted by atomic mass is 10.5. The highest BCUT2D eigenvalue weighted by atomic mass is 16.1. The fourth-order valence-corrected chi connectivity index (χ4v) is 0.801. The second kappa shape index (κ2) is 5.03. The van der Waals surface area contributed by atoms with E-state index in [4.69, 9.17) is 5.84 Å². The molecular weight excluding hydrogens is 166 g/mol. The van der Waals surface area contributed by atoms with Gasteiger partial charge in [0.05, 0.1) is 10.7 Å². The average Bonchev–Trinajstić information content (AvgIpc) is 2.36. The number of nitrogens with one attached hydrogen (secondary N) is 1. The van der Waals surface area contributed by atoms with Crippen molar-refractivity contribution in [1.82, 2.24) is 9.66 Å². The van der Waals surface area contributed by atoms with Crippen LogP contribution in [0.4, 0.5) is 0 Å². The summed E-state index contributed by atoms with van der Waals surface area (Å²) in [6.07, 6.45) is 3.15. The third-order valence-corrected chi connectivity index (χ3v) is 1.32. The third-order valence-electron chi connectivity index (χ3n) is 1.32. The lowest BCUT2D eigenvalue weighted by Gasteiger charge is -1.84. The number of allylic oxidation sites excluding steroid dienone is 1. The predicted octanol–water partition coefficient (Wildman–Crippen LogP) is -0.707. The first-order chi connectivity index (χ1) is 6.16. The van der Waals surface area contributed by atoms with Crippen molar-refractivity contribution >= 4 is 12.7 Å². The molecule has 0 fully saturated rings. The minimum absolute atomic E-state index is 0.372. The van der Waals surface area contributed by atoms with Crippen molar-refractivity contribution in [3.05, 3.63) is 33.8 Å². The summed E-state index contributed by atoms with van der Waals surface area (Å²) in [4.78, 5) is 13.3. The van der Waals surface area contributed by atoms with Crippen molar-refractivity contribution < 1.29 is 0 Å². The molecule has 3 N–H and O–H groups in total. The van der Waals surface area contributed by atoms with Crippen LogP contribution in [0.1, 0.15) is 13.8 Å². The van der Waals surface area contributed by atoms with Crippen LogP contribution >= 0.6 is 0 Å². The van der Waals surface area contributed by atoms with E-state index in [1.54, 1.807) is 12.2 Å². The zero-order chi connectivity index (χ0) is 10.4. The summed E-state index contributed by atoms with van der Waals surface area (Å²) in [7, 11) is 0. The van der Waals surface area contributed by atoms with Crippen molar-refractivity contribution in [2.45, 2.75) is 13.8 Å². The zero-order valence-corrected chi connectivity index (χ0v) is 8.00. The fraction of sp³-hybridized carbons (Fsp3) is 0.222. The Labute approximate surface area is 76.7 Å². The summed E-state index contributed by atoms with van der Waals surface area (Å²) in [5, 5.41) is 1.04. The summed E-state index contributed by atoms with van der Waals surface area (Å²) in [6.45, 7) is 11.1. The van der Waals surface area contributed by atoms with Gasteiger partial charge in [-0.1, -0.05) is 33.1 Å². The van der Waals surface area contributed by atoms with Gasteiger partial charge in [0.2, 0.25) is 0 Å². The maximum absolute atomic E-state index is 10.8.